The highest BCUT2D eigenvalue weighted by molar-refractivity contribution is 6.30. The van der Waals surface area contributed by atoms with Crippen LogP contribution in [-0.2, 0) is 45.7 Å². The molecule has 0 saturated heterocycles. The van der Waals surface area contributed by atoms with E-state index in [9.17, 15) is 10.2 Å². The molecular formula is C53H58Cl2N12O2. The average molecular weight is 966 g/mol. The van der Waals surface area contributed by atoms with Crippen molar-refractivity contribution < 1.29 is 10.2 Å². The van der Waals surface area contributed by atoms with Crippen molar-refractivity contribution >= 4 is 23.2 Å². The van der Waals surface area contributed by atoms with Gasteiger partial charge < -0.3 is 19.3 Å². The number of hydrogen-bond donors (Lipinski definition) is 3. The minimum atomic E-state index is -0.138. The van der Waals surface area contributed by atoms with Gasteiger partial charge in [0.1, 0.15) is 11.6 Å². The fourth-order valence-electron chi connectivity index (χ4n) is 8.08. The lowest BCUT2D eigenvalue weighted by atomic mass is 9.98. The Bertz CT molecular complexity index is 2970. The second-order valence-corrected chi connectivity index (χ2v) is 16.8. The van der Waals surface area contributed by atoms with Crippen LogP contribution >= 0.6 is 23.2 Å². The van der Waals surface area contributed by atoms with E-state index in [1.54, 1.807) is 0 Å². The number of aromatic nitrogens is 12. The fourth-order valence-corrected chi connectivity index (χ4v) is 8.60. The third-order valence-corrected chi connectivity index (χ3v) is 12.2. The number of halogens is 2. The molecule has 14 nitrogen and oxygen atoms in total. The van der Waals surface area contributed by atoms with Crippen LogP contribution in [0.5, 0.6) is 0 Å². The third-order valence-electron chi connectivity index (χ3n) is 11.6. The van der Waals surface area contributed by atoms with Gasteiger partial charge in [0.15, 0.2) is 16.1 Å². The third kappa shape index (κ3) is 12.3. The molecule has 9 rings (SSSR count). The molecule has 0 fully saturated rings. The van der Waals surface area contributed by atoms with Gasteiger partial charge >= 0.3 is 0 Å². The molecule has 16 heteroatoms. The molecule has 0 aliphatic heterocycles. The first-order valence-electron chi connectivity index (χ1n) is 23.5. The number of unbranched alkanes of at least 4 members (excludes halogenated alkanes) is 2. The molecule has 0 spiro atoms. The Morgan fingerprint density at radius 1 is 0.536 bits per heavy atom. The summed E-state index contributed by atoms with van der Waals surface area (Å²) in [5.74, 6) is 3.12. The van der Waals surface area contributed by atoms with Crippen LogP contribution in [0.3, 0.4) is 0 Å². The Labute approximate surface area is 413 Å². The lowest BCUT2D eigenvalue weighted by molar-refractivity contribution is 0.271. The quantitative estimate of drug-likeness (QED) is 0.0751. The van der Waals surface area contributed by atoms with Crippen LogP contribution in [0.25, 0.3) is 45.0 Å². The van der Waals surface area contributed by atoms with Crippen molar-refractivity contribution in [3.05, 3.63) is 177 Å². The highest BCUT2D eigenvalue weighted by Crippen LogP contribution is 2.33. The predicted molar refractivity (Wildman–Crippen MR) is 272 cm³/mol. The molecule has 4 heterocycles. The lowest BCUT2D eigenvalue weighted by Gasteiger charge is -2.13. The van der Waals surface area contributed by atoms with Gasteiger partial charge in [-0.1, -0.05) is 191 Å². The number of aromatic amines is 1. The molecule has 0 bridgehead atoms. The fraction of sp³-hybridized carbons (Fsp3) is 0.283. The Balaban J connectivity index is 0.000000201. The second kappa shape index (κ2) is 25.0. The van der Waals surface area contributed by atoms with E-state index in [1.165, 1.54) is 0 Å². The maximum Gasteiger partial charge on any atom is 0.205 e. The average Bonchev–Trinajstić information content (AvgIpc) is 4.22. The van der Waals surface area contributed by atoms with Crippen LogP contribution in [0.1, 0.15) is 93.1 Å². The number of benzene rings is 5. The number of aliphatic hydroxyl groups is 2. The van der Waals surface area contributed by atoms with Gasteiger partial charge in [-0.3, -0.25) is 0 Å². The van der Waals surface area contributed by atoms with Crippen molar-refractivity contribution in [2.45, 2.75) is 99.1 Å². The summed E-state index contributed by atoms with van der Waals surface area (Å²) >= 11 is 12.6. The van der Waals surface area contributed by atoms with E-state index in [2.05, 4.69) is 133 Å². The number of nitrogens with zero attached hydrogens (tertiary/aromatic N) is 11. The Kier molecular flexibility index (Phi) is 18.1. The molecule has 4 aromatic heterocycles. The first-order valence-corrected chi connectivity index (χ1v) is 24.2. The molecule has 0 radical (unpaired) electrons. The van der Waals surface area contributed by atoms with Crippen molar-refractivity contribution in [3.8, 4) is 45.0 Å². The maximum absolute atomic E-state index is 9.88. The molecule has 69 heavy (non-hydrogen) atoms. The Hall–Kier alpha value is -6.84. The van der Waals surface area contributed by atoms with E-state index in [0.29, 0.717) is 47.2 Å². The standard InChI is InChI=1S/C29H29ClN6O.C22H23ClN6O.C2H6/c1-2-3-13-27-31-28(30)26(20-37)35(27)18-22-14-16-23(17-15-22)24-11-7-8-12-25(24)29-32-33-34-36(29)19-21-9-5-4-6-10-21;1-2-3-8-20-24-21(23)19(14-30)29(20)13-15-9-11-16(12-10-15)17-6-4-5-7-18(17)22-25-27-28-26-22;1-2/h4-12,14-17,37H,2-3,13,18-20H2,1H3;4-7,9-12,30H,2-3,8,13-14H2,1H3,(H,25,26,27,28);1-2H3. The smallest absolute Gasteiger partial charge is 0.205 e. The summed E-state index contributed by atoms with van der Waals surface area (Å²) in [5, 5.41) is 47.4. The van der Waals surface area contributed by atoms with Crippen molar-refractivity contribution in [1.29, 1.82) is 0 Å². The number of aryl methyl sites for hydroxylation is 2. The largest absolute Gasteiger partial charge is 0.390 e. The van der Waals surface area contributed by atoms with Gasteiger partial charge in [0.05, 0.1) is 31.1 Å². The number of hydrogen-bond acceptors (Lipinski definition) is 10. The summed E-state index contributed by atoms with van der Waals surface area (Å²) in [6, 6.07) is 43.1. The van der Waals surface area contributed by atoms with Crippen LogP contribution in [0, 0.1) is 0 Å². The summed E-state index contributed by atoms with van der Waals surface area (Å²) in [4.78, 5) is 8.97. The van der Waals surface area contributed by atoms with Gasteiger partial charge in [-0.25, -0.2) is 14.6 Å². The van der Waals surface area contributed by atoms with Crippen molar-refractivity contribution in [3.63, 3.8) is 0 Å². The molecule has 5 aromatic carbocycles. The minimum absolute atomic E-state index is 0.131. The topological polar surface area (TPSA) is 174 Å². The maximum atomic E-state index is 9.88. The molecular weight excluding hydrogens is 908 g/mol. The molecule has 9 aromatic rings. The predicted octanol–water partition coefficient (Wildman–Crippen LogP) is 11.1. The summed E-state index contributed by atoms with van der Waals surface area (Å²) in [6.07, 6.45) is 5.88. The summed E-state index contributed by atoms with van der Waals surface area (Å²) in [5.41, 5.74) is 10.8. The molecule has 0 aliphatic carbocycles. The zero-order valence-corrected chi connectivity index (χ0v) is 41.0. The van der Waals surface area contributed by atoms with Crippen LogP contribution < -0.4 is 0 Å². The molecule has 0 unspecified atom stereocenters. The monoisotopic (exact) mass is 964 g/mol. The first kappa shape index (κ1) is 50.0. The summed E-state index contributed by atoms with van der Waals surface area (Å²) < 4.78 is 5.90. The van der Waals surface area contributed by atoms with E-state index < -0.39 is 0 Å². The van der Waals surface area contributed by atoms with Gasteiger partial charge in [0, 0.05) is 37.1 Å². The minimum Gasteiger partial charge on any atom is -0.390 e. The van der Waals surface area contributed by atoms with Crippen molar-refractivity contribution in [1.82, 2.24) is 59.9 Å². The van der Waals surface area contributed by atoms with Crippen LogP contribution in [-0.4, -0.2) is 70.1 Å². The van der Waals surface area contributed by atoms with E-state index >= 15 is 0 Å². The van der Waals surface area contributed by atoms with E-state index in [-0.39, 0.29) is 13.2 Å². The number of H-pyrrole nitrogens is 1. The molecule has 0 amide bonds. The second-order valence-electron chi connectivity index (χ2n) is 16.1. The zero-order valence-electron chi connectivity index (χ0n) is 39.5. The van der Waals surface area contributed by atoms with Gasteiger partial charge in [0.2, 0.25) is 5.82 Å². The Morgan fingerprint density at radius 2 is 1.00 bits per heavy atom. The van der Waals surface area contributed by atoms with Gasteiger partial charge in [-0.15, -0.1) is 15.3 Å². The molecule has 0 saturated carbocycles. The van der Waals surface area contributed by atoms with E-state index in [0.717, 1.165) is 106 Å². The van der Waals surface area contributed by atoms with Gasteiger partial charge in [0.25, 0.3) is 0 Å². The molecule has 3 N–H and O–H groups in total. The summed E-state index contributed by atoms with van der Waals surface area (Å²) in [7, 11) is 0. The SMILES string of the molecule is CC.CCCCc1nc(Cl)c(CO)n1Cc1ccc(-c2ccccc2-c2nn[nH]n2)cc1.CCCCc1nc(Cl)c(CO)n1Cc1ccc(-c2ccccc2-c2nnnn2Cc2ccccc2)cc1. The van der Waals surface area contributed by atoms with Crippen molar-refractivity contribution in [2.75, 3.05) is 0 Å². The lowest BCUT2D eigenvalue weighted by Crippen LogP contribution is -2.09. The number of rotatable bonds is 18. The van der Waals surface area contributed by atoms with Crippen LogP contribution in [0.15, 0.2) is 127 Å². The van der Waals surface area contributed by atoms with E-state index in [1.807, 2.05) is 82.3 Å². The Morgan fingerprint density at radius 3 is 1.48 bits per heavy atom. The number of aliphatic hydroxyl groups excluding tert-OH is 2. The number of imidazole rings is 2. The highest BCUT2D eigenvalue weighted by Gasteiger charge is 2.19. The van der Waals surface area contributed by atoms with Crippen LogP contribution in [0.2, 0.25) is 10.3 Å². The zero-order chi connectivity index (χ0) is 48.5. The molecule has 0 atom stereocenters. The molecule has 356 valence electrons. The highest BCUT2D eigenvalue weighted by atomic mass is 35.5. The normalized spacial score (nSPS) is 11.0. The van der Waals surface area contributed by atoms with Gasteiger partial charge in [-0.2, -0.15) is 5.21 Å². The van der Waals surface area contributed by atoms with E-state index in [4.69, 9.17) is 23.2 Å². The summed E-state index contributed by atoms with van der Waals surface area (Å²) in [6.45, 7) is 9.84. The number of nitrogens with one attached hydrogen (secondary N) is 1. The number of tetrazole rings is 2. The van der Waals surface area contributed by atoms with Crippen molar-refractivity contribution in [2.24, 2.45) is 0 Å². The van der Waals surface area contributed by atoms with Crippen LogP contribution in [0.4, 0.5) is 0 Å². The van der Waals surface area contributed by atoms with Gasteiger partial charge in [-0.05, 0) is 67.4 Å². The molecule has 0 aliphatic rings. The first-order chi connectivity index (χ1) is 33.9.